The van der Waals surface area contributed by atoms with Crippen molar-refractivity contribution >= 4 is 35.2 Å². The van der Waals surface area contributed by atoms with Crippen LogP contribution in [0.1, 0.15) is 18.1 Å². The van der Waals surface area contributed by atoms with E-state index in [0.717, 1.165) is 12.0 Å². The van der Waals surface area contributed by atoms with Crippen LogP contribution in [0.2, 0.25) is 5.02 Å². The molecule has 0 aliphatic heterocycles. The molecule has 0 heterocycles. The monoisotopic (exact) mass is 383 g/mol. The predicted octanol–water partition coefficient (Wildman–Crippen LogP) is 3.31. The number of carbonyl (C=O) groups is 2. The van der Waals surface area contributed by atoms with Crippen molar-refractivity contribution in [2.24, 2.45) is 5.73 Å². The van der Waals surface area contributed by atoms with E-state index < -0.39 is 11.8 Å². The minimum Gasteiger partial charge on any atom is -0.482 e. The zero-order chi connectivity index (χ0) is 19.8. The number of hydrogen-bond donors (Lipinski definition) is 2. The lowest BCUT2D eigenvalue weighted by Gasteiger charge is -2.07. The number of nitrogens with two attached hydrogens (primary N) is 1. The van der Waals surface area contributed by atoms with Crippen LogP contribution in [0, 0.1) is 11.3 Å². The van der Waals surface area contributed by atoms with Crippen molar-refractivity contribution in [2.45, 2.75) is 13.3 Å². The first-order valence-corrected chi connectivity index (χ1v) is 8.53. The molecule has 0 saturated carbocycles. The second-order valence-electron chi connectivity index (χ2n) is 5.62. The molecule has 27 heavy (non-hydrogen) atoms. The molecule has 0 aromatic heterocycles. The van der Waals surface area contributed by atoms with Crippen LogP contribution >= 0.6 is 11.6 Å². The van der Waals surface area contributed by atoms with Gasteiger partial charge in [-0.05, 0) is 47.9 Å². The number of carbonyl (C=O) groups excluding carboxylic acids is 2. The van der Waals surface area contributed by atoms with Crippen molar-refractivity contribution in [1.29, 1.82) is 5.26 Å². The number of hydrogen-bond acceptors (Lipinski definition) is 4. The molecule has 0 unspecified atom stereocenters. The summed E-state index contributed by atoms with van der Waals surface area (Å²) in [5, 5.41) is 12.2. The number of aryl methyl sites for hydroxylation is 1. The summed E-state index contributed by atoms with van der Waals surface area (Å²) in [6.07, 6.45) is 2.32. The highest BCUT2D eigenvalue weighted by atomic mass is 35.5. The lowest BCUT2D eigenvalue weighted by Crippen LogP contribution is -2.20. The molecule has 0 aliphatic rings. The van der Waals surface area contributed by atoms with E-state index >= 15 is 0 Å². The molecule has 0 radical (unpaired) electrons. The number of benzene rings is 2. The Hall–Kier alpha value is -3.30. The van der Waals surface area contributed by atoms with Crippen molar-refractivity contribution in [3.8, 4) is 11.8 Å². The smallest absolute Gasteiger partial charge is 0.266 e. The number of nitrogens with one attached hydrogen (secondary N) is 1. The first-order chi connectivity index (χ1) is 12.9. The van der Waals surface area contributed by atoms with Crippen LogP contribution in [0.3, 0.4) is 0 Å². The van der Waals surface area contributed by atoms with Crippen LogP contribution in [0.4, 0.5) is 5.69 Å². The van der Waals surface area contributed by atoms with Crippen LogP contribution in [-0.4, -0.2) is 18.4 Å². The molecule has 6 nitrogen and oxygen atoms in total. The summed E-state index contributed by atoms with van der Waals surface area (Å²) in [7, 11) is 0. The fourth-order valence-corrected chi connectivity index (χ4v) is 2.45. The zero-order valence-corrected chi connectivity index (χ0v) is 15.4. The van der Waals surface area contributed by atoms with E-state index in [2.05, 4.69) is 5.32 Å². The Morgan fingerprint density at radius 2 is 1.96 bits per heavy atom. The molecule has 0 fully saturated rings. The number of primary amides is 1. The minimum atomic E-state index is -0.620. The summed E-state index contributed by atoms with van der Waals surface area (Å²) in [6, 6.07) is 14.0. The Labute approximate surface area is 162 Å². The van der Waals surface area contributed by atoms with Gasteiger partial charge in [0.05, 0.1) is 5.02 Å². The number of nitrogens with zero attached hydrogens (tertiary/aromatic N) is 1. The topological polar surface area (TPSA) is 105 Å². The lowest BCUT2D eigenvalue weighted by molar-refractivity contribution is -0.120. The fourth-order valence-electron chi connectivity index (χ4n) is 2.21. The Kier molecular flexibility index (Phi) is 6.98. The molecule has 2 aromatic rings. The SMILES string of the molecule is CCc1ccc(NC(=O)C(C#N)=Cc2ccc(OCC(N)=O)c(Cl)c2)cc1. The van der Waals surface area contributed by atoms with Crippen LogP contribution in [-0.2, 0) is 16.0 Å². The molecule has 2 amide bonds. The highest BCUT2D eigenvalue weighted by molar-refractivity contribution is 6.32. The summed E-state index contributed by atoms with van der Waals surface area (Å²) in [5.41, 5.74) is 7.24. The Morgan fingerprint density at radius 1 is 1.26 bits per heavy atom. The van der Waals surface area contributed by atoms with E-state index in [1.165, 1.54) is 18.2 Å². The summed E-state index contributed by atoms with van der Waals surface area (Å²) in [6.45, 7) is 1.75. The maximum Gasteiger partial charge on any atom is 0.266 e. The lowest BCUT2D eigenvalue weighted by atomic mass is 10.1. The minimum absolute atomic E-state index is 0.0727. The van der Waals surface area contributed by atoms with Gasteiger partial charge in [0, 0.05) is 5.69 Å². The van der Waals surface area contributed by atoms with E-state index in [0.29, 0.717) is 11.3 Å². The second-order valence-corrected chi connectivity index (χ2v) is 6.03. The normalized spacial score (nSPS) is 10.8. The van der Waals surface area contributed by atoms with Crippen molar-refractivity contribution in [1.82, 2.24) is 0 Å². The zero-order valence-electron chi connectivity index (χ0n) is 14.7. The summed E-state index contributed by atoms with van der Waals surface area (Å²) >= 11 is 6.09. The highest BCUT2D eigenvalue weighted by Gasteiger charge is 2.11. The maximum absolute atomic E-state index is 12.3. The Balaban J connectivity index is 2.14. The molecular formula is C20H18ClN3O3. The summed E-state index contributed by atoms with van der Waals surface area (Å²) < 4.78 is 5.16. The average molecular weight is 384 g/mol. The number of anilines is 1. The number of rotatable bonds is 7. The van der Waals surface area contributed by atoms with Gasteiger partial charge in [0.25, 0.3) is 11.8 Å². The third-order valence-corrected chi connectivity index (χ3v) is 3.92. The molecule has 0 saturated heterocycles. The number of amides is 2. The van der Waals surface area contributed by atoms with Crippen LogP contribution in [0.15, 0.2) is 48.0 Å². The predicted molar refractivity (Wildman–Crippen MR) is 104 cm³/mol. The molecule has 0 bridgehead atoms. The third kappa shape index (κ3) is 5.87. The van der Waals surface area contributed by atoms with Gasteiger partial charge in [-0.2, -0.15) is 5.26 Å². The van der Waals surface area contributed by atoms with Gasteiger partial charge in [-0.25, -0.2) is 0 Å². The van der Waals surface area contributed by atoms with Crippen LogP contribution in [0.5, 0.6) is 5.75 Å². The Morgan fingerprint density at radius 3 is 2.52 bits per heavy atom. The molecular weight excluding hydrogens is 366 g/mol. The van der Waals surface area contributed by atoms with E-state index in [4.69, 9.17) is 22.1 Å². The van der Waals surface area contributed by atoms with Gasteiger partial charge >= 0.3 is 0 Å². The van der Waals surface area contributed by atoms with E-state index in [1.54, 1.807) is 18.2 Å². The number of nitriles is 1. The first-order valence-electron chi connectivity index (χ1n) is 8.15. The second kappa shape index (κ2) is 9.41. The van der Waals surface area contributed by atoms with Gasteiger partial charge in [0.2, 0.25) is 0 Å². The van der Waals surface area contributed by atoms with Crippen molar-refractivity contribution in [2.75, 3.05) is 11.9 Å². The van der Waals surface area contributed by atoms with Crippen molar-refractivity contribution < 1.29 is 14.3 Å². The van der Waals surface area contributed by atoms with Gasteiger partial charge in [-0.15, -0.1) is 0 Å². The molecule has 2 aromatic carbocycles. The van der Waals surface area contributed by atoms with Gasteiger partial charge < -0.3 is 15.8 Å². The van der Waals surface area contributed by atoms with Gasteiger partial charge in [0.1, 0.15) is 17.4 Å². The summed E-state index contributed by atoms with van der Waals surface area (Å²) in [4.78, 5) is 23.1. The fraction of sp³-hybridized carbons (Fsp3) is 0.150. The van der Waals surface area contributed by atoms with Crippen molar-refractivity contribution in [3.63, 3.8) is 0 Å². The summed E-state index contributed by atoms with van der Waals surface area (Å²) in [5.74, 6) is -0.857. The van der Waals surface area contributed by atoms with E-state index in [1.807, 2.05) is 25.1 Å². The van der Waals surface area contributed by atoms with E-state index in [9.17, 15) is 14.9 Å². The maximum atomic E-state index is 12.3. The molecule has 2 rings (SSSR count). The number of halogens is 1. The Bertz CT molecular complexity index is 915. The molecule has 0 atom stereocenters. The van der Waals surface area contributed by atoms with Gasteiger partial charge in [-0.1, -0.05) is 36.7 Å². The largest absolute Gasteiger partial charge is 0.482 e. The first kappa shape index (κ1) is 20.0. The molecule has 0 spiro atoms. The molecule has 3 N–H and O–H groups in total. The standard InChI is InChI=1S/C20H18ClN3O3/c1-2-13-3-6-16(7-4-13)24-20(26)15(11-22)9-14-5-8-18(17(21)10-14)27-12-19(23)25/h3-10H,2,12H2,1H3,(H2,23,25)(H,24,26). The van der Waals surface area contributed by atoms with Gasteiger partial charge in [-0.3, -0.25) is 9.59 Å². The van der Waals surface area contributed by atoms with Crippen LogP contribution in [0.25, 0.3) is 6.08 Å². The van der Waals surface area contributed by atoms with Crippen LogP contribution < -0.4 is 15.8 Å². The van der Waals surface area contributed by atoms with Crippen molar-refractivity contribution in [3.05, 3.63) is 64.2 Å². The molecule has 138 valence electrons. The van der Waals surface area contributed by atoms with Gasteiger partial charge in [0.15, 0.2) is 6.61 Å². The molecule has 7 heteroatoms. The third-order valence-electron chi connectivity index (χ3n) is 3.62. The average Bonchev–Trinajstić information content (AvgIpc) is 2.65. The quantitative estimate of drug-likeness (QED) is 0.565. The molecule has 0 aliphatic carbocycles. The van der Waals surface area contributed by atoms with E-state index in [-0.39, 0.29) is 23.0 Å². The highest BCUT2D eigenvalue weighted by Crippen LogP contribution is 2.26. The number of ether oxygens (including phenoxy) is 1.